The van der Waals surface area contributed by atoms with E-state index < -0.39 is 0 Å². The maximum Gasteiger partial charge on any atom is 0.222 e. The van der Waals surface area contributed by atoms with Crippen LogP contribution < -0.4 is 10.6 Å². The van der Waals surface area contributed by atoms with E-state index in [1.54, 1.807) is 4.40 Å². The van der Waals surface area contributed by atoms with Gasteiger partial charge in [0.2, 0.25) is 5.91 Å². The molecule has 7 heteroatoms. The molecule has 6 nitrogen and oxygen atoms in total. The number of carbonyl (C=O) groups is 2. The number of carbonyl (C=O) groups excluding carboxylic acids is 2. The fraction of sp³-hybridized carbons (Fsp3) is 0.364. The van der Waals surface area contributed by atoms with Crippen LogP contribution in [0.3, 0.4) is 0 Å². The summed E-state index contributed by atoms with van der Waals surface area (Å²) in [7, 11) is 0. The highest BCUT2D eigenvalue weighted by atomic mass is 32.1. The first kappa shape index (κ1) is 11.2. The van der Waals surface area contributed by atoms with Crippen LogP contribution in [-0.2, 0) is 4.79 Å². The molecule has 94 valence electrons. The zero-order valence-electron chi connectivity index (χ0n) is 9.57. The Labute approximate surface area is 107 Å². The lowest BCUT2D eigenvalue weighted by Crippen LogP contribution is -2.27. The molecule has 1 unspecified atom stereocenters. The number of nitrogens with two attached hydrogens (primary N) is 1. The van der Waals surface area contributed by atoms with Gasteiger partial charge in [0.15, 0.2) is 17.1 Å². The Morgan fingerprint density at radius 3 is 3.11 bits per heavy atom. The van der Waals surface area contributed by atoms with Gasteiger partial charge in [0.05, 0.1) is 5.92 Å². The third-order valence-corrected chi connectivity index (χ3v) is 4.04. The van der Waals surface area contributed by atoms with Crippen molar-refractivity contribution in [3.63, 3.8) is 0 Å². The SMILES string of the molecule is NC(=O)C1CCN(c2nc3sccn3c2C=O)C1. The molecule has 2 N–H and O–H groups in total. The second-order valence-corrected chi connectivity index (χ2v) is 5.20. The predicted octanol–water partition coefficient (Wildman–Crippen LogP) is 0.520. The number of aromatic nitrogens is 2. The first-order valence-corrected chi connectivity index (χ1v) is 6.53. The number of fused-ring (bicyclic) bond motifs is 1. The quantitative estimate of drug-likeness (QED) is 0.819. The topological polar surface area (TPSA) is 80.7 Å². The van der Waals surface area contributed by atoms with Gasteiger partial charge in [0, 0.05) is 24.7 Å². The summed E-state index contributed by atoms with van der Waals surface area (Å²) in [5.74, 6) is 0.219. The lowest BCUT2D eigenvalue weighted by Gasteiger charge is -2.15. The predicted molar refractivity (Wildman–Crippen MR) is 68.0 cm³/mol. The van der Waals surface area contributed by atoms with Crippen molar-refractivity contribution in [1.82, 2.24) is 9.38 Å². The summed E-state index contributed by atoms with van der Waals surface area (Å²) < 4.78 is 1.77. The Balaban J connectivity index is 1.97. The summed E-state index contributed by atoms with van der Waals surface area (Å²) in [6, 6.07) is 0. The zero-order valence-corrected chi connectivity index (χ0v) is 10.4. The molecule has 3 rings (SSSR count). The van der Waals surface area contributed by atoms with E-state index >= 15 is 0 Å². The third-order valence-electron chi connectivity index (χ3n) is 3.28. The molecule has 1 saturated heterocycles. The van der Waals surface area contributed by atoms with Crippen molar-refractivity contribution in [2.45, 2.75) is 6.42 Å². The molecule has 1 aliphatic heterocycles. The third kappa shape index (κ3) is 1.59. The molecule has 2 aromatic heterocycles. The van der Waals surface area contributed by atoms with Crippen LogP contribution in [0.5, 0.6) is 0 Å². The number of hydrogen-bond acceptors (Lipinski definition) is 5. The standard InChI is InChI=1S/C11H12N4O2S/c12-9(17)7-1-2-14(5-7)10-8(6-16)15-3-4-18-11(15)13-10/h3-4,6-7H,1-2,5H2,(H2,12,17). The van der Waals surface area contributed by atoms with E-state index in [4.69, 9.17) is 5.73 Å². The van der Waals surface area contributed by atoms with Gasteiger partial charge in [-0.1, -0.05) is 0 Å². The number of nitrogens with zero attached hydrogens (tertiary/aromatic N) is 3. The van der Waals surface area contributed by atoms with Crippen LogP contribution in [0.2, 0.25) is 0 Å². The number of primary amides is 1. The number of amides is 1. The molecule has 0 radical (unpaired) electrons. The van der Waals surface area contributed by atoms with E-state index in [-0.39, 0.29) is 11.8 Å². The minimum atomic E-state index is -0.286. The highest BCUT2D eigenvalue weighted by Gasteiger charge is 2.30. The van der Waals surface area contributed by atoms with E-state index in [2.05, 4.69) is 4.98 Å². The second-order valence-electron chi connectivity index (χ2n) is 4.33. The minimum Gasteiger partial charge on any atom is -0.369 e. The van der Waals surface area contributed by atoms with E-state index in [1.165, 1.54) is 11.3 Å². The summed E-state index contributed by atoms with van der Waals surface area (Å²) in [5, 5.41) is 1.88. The number of anilines is 1. The molecule has 3 heterocycles. The van der Waals surface area contributed by atoms with Crippen LogP contribution in [0.15, 0.2) is 11.6 Å². The summed E-state index contributed by atoms with van der Waals surface area (Å²) >= 11 is 1.48. The van der Waals surface area contributed by atoms with Gasteiger partial charge in [-0.3, -0.25) is 14.0 Å². The summed E-state index contributed by atoms with van der Waals surface area (Å²) in [5.41, 5.74) is 5.84. The average Bonchev–Trinajstić information content (AvgIpc) is 3.02. The first-order valence-electron chi connectivity index (χ1n) is 5.65. The van der Waals surface area contributed by atoms with E-state index in [0.717, 1.165) is 17.7 Å². The Kier molecular flexibility index (Phi) is 2.55. The normalized spacial score (nSPS) is 19.6. The first-order chi connectivity index (χ1) is 8.70. The summed E-state index contributed by atoms with van der Waals surface area (Å²) in [6.45, 7) is 1.25. The molecule has 0 saturated carbocycles. The molecular weight excluding hydrogens is 252 g/mol. The molecular formula is C11H12N4O2S. The van der Waals surface area contributed by atoms with Crippen molar-refractivity contribution in [3.8, 4) is 0 Å². The van der Waals surface area contributed by atoms with E-state index in [0.29, 0.717) is 24.6 Å². The molecule has 2 aromatic rings. The summed E-state index contributed by atoms with van der Waals surface area (Å²) in [4.78, 5) is 29.5. The van der Waals surface area contributed by atoms with Gasteiger partial charge in [-0.15, -0.1) is 11.3 Å². The van der Waals surface area contributed by atoms with Crippen molar-refractivity contribution in [2.24, 2.45) is 11.7 Å². The minimum absolute atomic E-state index is 0.149. The highest BCUT2D eigenvalue weighted by Crippen LogP contribution is 2.28. The summed E-state index contributed by atoms with van der Waals surface area (Å²) in [6.07, 6.45) is 3.35. The van der Waals surface area contributed by atoms with Gasteiger partial charge >= 0.3 is 0 Å². The van der Waals surface area contributed by atoms with Crippen molar-refractivity contribution in [1.29, 1.82) is 0 Å². The number of rotatable bonds is 3. The van der Waals surface area contributed by atoms with Crippen molar-refractivity contribution in [3.05, 3.63) is 17.3 Å². The molecule has 0 spiro atoms. The van der Waals surface area contributed by atoms with Crippen molar-refractivity contribution >= 4 is 34.3 Å². The molecule has 0 aliphatic carbocycles. The van der Waals surface area contributed by atoms with Crippen LogP contribution in [0.25, 0.3) is 4.96 Å². The van der Waals surface area contributed by atoms with Crippen molar-refractivity contribution < 1.29 is 9.59 Å². The van der Waals surface area contributed by atoms with Gasteiger partial charge in [-0.2, -0.15) is 0 Å². The Hall–Kier alpha value is -1.89. The number of hydrogen-bond donors (Lipinski definition) is 1. The van der Waals surface area contributed by atoms with Crippen LogP contribution in [0, 0.1) is 5.92 Å². The molecule has 1 fully saturated rings. The molecule has 0 aromatic carbocycles. The molecule has 0 bridgehead atoms. The number of imidazole rings is 1. The van der Waals surface area contributed by atoms with Crippen LogP contribution in [-0.4, -0.2) is 34.7 Å². The van der Waals surface area contributed by atoms with E-state index in [9.17, 15) is 9.59 Å². The largest absolute Gasteiger partial charge is 0.369 e. The molecule has 1 aliphatic rings. The molecule has 1 amide bonds. The van der Waals surface area contributed by atoms with Crippen LogP contribution >= 0.6 is 11.3 Å². The number of aldehydes is 1. The van der Waals surface area contributed by atoms with Crippen LogP contribution in [0.1, 0.15) is 16.9 Å². The lowest BCUT2D eigenvalue weighted by molar-refractivity contribution is -0.121. The fourth-order valence-electron chi connectivity index (χ4n) is 2.32. The fourth-order valence-corrected chi connectivity index (χ4v) is 3.04. The van der Waals surface area contributed by atoms with Gasteiger partial charge in [0.25, 0.3) is 0 Å². The molecule has 18 heavy (non-hydrogen) atoms. The van der Waals surface area contributed by atoms with Crippen LogP contribution in [0.4, 0.5) is 5.82 Å². The zero-order chi connectivity index (χ0) is 12.7. The Morgan fingerprint density at radius 1 is 1.61 bits per heavy atom. The van der Waals surface area contributed by atoms with E-state index in [1.807, 2.05) is 16.5 Å². The lowest BCUT2D eigenvalue weighted by atomic mass is 10.1. The highest BCUT2D eigenvalue weighted by molar-refractivity contribution is 7.15. The maximum atomic E-state index is 11.2. The van der Waals surface area contributed by atoms with Gasteiger partial charge < -0.3 is 10.6 Å². The smallest absolute Gasteiger partial charge is 0.222 e. The Bertz CT molecular complexity index is 618. The maximum absolute atomic E-state index is 11.2. The van der Waals surface area contributed by atoms with Gasteiger partial charge in [0.1, 0.15) is 5.69 Å². The second kappa shape index (κ2) is 4.09. The van der Waals surface area contributed by atoms with Gasteiger partial charge in [-0.05, 0) is 6.42 Å². The van der Waals surface area contributed by atoms with Crippen molar-refractivity contribution in [2.75, 3.05) is 18.0 Å². The Morgan fingerprint density at radius 2 is 2.44 bits per heavy atom. The average molecular weight is 264 g/mol. The van der Waals surface area contributed by atoms with Gasteiger partial charge in [-0.25, -0.2) is 4.98 Å². The monoisotopic (exact) mass is 264 g/mol. The number of thiazole rings is 1. The molecule has 1 atom stereocenters.